The molecular weight excluding hydrogens is 1360 g/mol. The highest BCUT2D eigenvalue weighted by Crippen LogP contribution is 2.56. The maximum absolute atomic E-state index is 2.69. The van der Waals surface area contributed by atoms with Crippen molar-refractivity contribution in [2.24, 2.45) is 0 Å². The van der Waals surface area contributed by atoms with Gasteiger partial charge in [-0.15, -0.1) is 0 Å². The largest absolute Gasteiger partial charge is 0.310 e. The van der Waals surface area contributed by atoms with Gasteiger partial charge < -0.3 is 19.6 Å². The van der Waals surface area contributed by atoms with Crippen LogP contribution >= 0.6 is 0 Å². The van der Waals surface area contributed by atoms with E-state index < -0.39 is 0 Å². The molecule has 113 heavy (non-hydrogen) atoms. The van der Waals surface area contributed by atoms with E-state index in [0.29, 0.717) is 0 Å². The van der Waals surface area contributed by atoms with Crippen molar-refractivity contribution in [3.63, 3.8) is 0 Å². The van der Waals surface area contributed by atoms with Crippen LogP contribution in [0.25, 0.3) is 100 Å². The maximum Gasteiger partial charge on any atom is 0.252 e. The number of para-hydroxylation sites is 6. The summed E-state index contributed by atoms with van der Waals surface area (Å²) in [7, 11) is 0. The van der Waals surface area contributed by atoms with E-state index in [1.165, 1.54) is 16.4 Å². The second kappa shape index (κ2) is 29.7. The van der Waals surface area contributed by atoms with Crippen LogP contribution in [0, 0.1) is 0 Å². The lowest BCUT2D eigenvalue weighted by atomic mass is 9.33. The third-order valence-electron chi connectivity index (χ3n) is 22.4. The second-order valence-corrected chi connectivity index (χ2v) is 29.1. The quantitative estimate of drug-likeness (QED) is 0.0843. The third-order valence-corrected chi connectivity index (χ3v) is 22.4. The van der Waals surface area contributed by atoms with Crippen molar-refractivity contribution in [3.05, 3.63) is 455 Å². The summed E-state index contributed by atoms with van der Waals surface area (Å²) < 4.78 is 0. The molecule has 2 aliphatic heterocycles. The number of hydrogen-bond donors (Lipinski definition) is 0. The van der Waals surface area contributed by atoms with E-state index in [9.17, 15) is 0 Å². The van der Waals surface area contributed by atoms with Crippen LogP contribution < -0.4 is 36.0 Å². The van der Waals surface area contributed by atoms with E-state index in [0.717, 1.165) is 168 Å². The van der Waals surface area contributed by atoms with Gasteiger partial charge in [-0.2, -0.15) is 0 Å². The van der Waals surface area contributed by atoms with Crippen LogP contribution in [0.4, 0.5) is 68.2 Å². The first-order chi connectivity index (χ1) is 56.1. The van der Waals surface area contributed by atoms with Crippen LogP contribution in [-0.2, 0) is 0 Å². The number of nitrogens with zero attached hydrogens (tertiary/aromatic N) is 4. The van der Waals surface area contributed by atoms with E-state index in [4.69, 9.17) is 0 Å². The molecule has 0 N–H and O–H groups in total. The van der Waals surface area contributed by atoms with E-state index in [1.807, 2.05) is 0 Å². The topological polar surface area (TPSA) is 13.0 Å². The molecule has 18 aromatic carbocycles. The molecule has 0 radical (unpaired) electrons. The fourth-order valence-corrected chi connectivity index (χ4v) is 17.2. The van der Waals surface area contributed by atoms with E-state index in [-0.39, 0.29) is 6.71 Å². The lowest BCUT2D eigenvalue weighted by Gasteiger charge is -2.46. The smallest absolute Gasteiger partial charge is 0.252 e. The number of rotatable bonds is 17. The van der Waals surface area contributed by atoms with Gasteiger partial charge in [0.05, 0.1) is 11.4 Å². The Morgan fingerprint density at radius 1 is 0.159 bits per heavy atom. The van der Waals surface area contributed by atoms with E-state index in [2.05, 4.69) is 475 Å². The Bertz CT molecular complexity index is 5830. The summed E-state index contributed by atoms with van der Waals surface area (Å²) in [5, 5.41) is 0. The Morgan fingerprint density at radius 2 is 0.389 bits per heavy atom. The van der Waals surface area contributed by atoms with Gasteiger partial charge in [-0.1, -0.05) is 346 Å². The number of hydrogen-bond acceptors (Lipinski definition) is 4. The average Bonchev–Trinajstić information content (AvgIpc) is 0.686. The van der Waals surface area contributed by atoms with Gasteiger partial charge >= 0.3 is 0 Å². The van der Waals surface area contributed by atoms with Crippen molar-refractivity contribution < 1.29 is 0 Å². The lowest BCUT2D eigenvalue weighted by molar-refractivity contribution is 1.23. The Hall–Kier alpha value is -14.8. The Kier molecular flexibility index (Phi) is 17.7. The fraction of sp³-hybridized carbons (Fsp3) is 0. The summed E-state index contributed by atoms with van der Waals surface area (Å²) >= 11 is 0. The van der Waals surface area contributed by atoms with Crippen molar-refractivity contribution in [1.29, 1.82) is 0 Å². The molecule has 0 saturated carbocycles. The second-order valence-electron chi connectivity index (χ2n) is 29.1. The van der Waals surface area contributed by atoms with Gasteiger partial charge in [0.15, 0.2) is 0 Å². The minimum absolute atomic E-state index is 0.328. The van der Waals surface area contributed by atoms with Gasteiger partial charge in [0.2, 0.25) is 0 Å². The van der Waals surface area contributed by atoms with E-state index >= 15 is 0 Å². The first-order valence-corrected chi connectivity index (χ1v) is 38.9. The van der Waals surface area contributed by atoms with Gasteiger partial charge in [-0.05, 0) is 203 Å². The highest BCUT2D eigenvalue weighted by Gasteiger charge is 2.46. The van der Waals surface area contributed by atoms with Crippen LogP contribution in [-0.4, -0.2) is 6.71 Å². The minimum atomic E-state index is -0.328. The molecule has 2 aliphatic rings. The SMILES string of the molecule is c1ccc(-c2cccc(-c3cccc(-c4cccc(-c5ccccc5)c4)c3N3c4cc(N(c5ccccc5)c5ccccc5)ccc4B4c5ccc(N(c6ccccc6)c6ccccc6)cc5N(c5c(-c6cccc(-c7ccccc7)c6)cccc5-c5cccc(-c6ccccc6)c5)c5cc(-c6ccccc6)cc3c54)c2)cc1. The molecule has 2 heterocycles. The highest BCUT2D eigenvalue weighted by molar-refractivity contribution is 7.00. The first kappa shape index (κ1) is 67.6. The Labute approximate surface area is 661 Å². The molecule has 0 amide bonds. The average molecular weight is 1440 g/mol. The molecule has 0 aromatic heterocycles. The van der Waals surface area contributed by atoms with Crippen LogP contribution in [0.15, 0.2) is 455 Å². The molecule has 18 aromatic rings. The Morgan fingerprint density at radius 3 is 0.664 bits per heavy atom. The molecule has 530 valence electrons. The summed E-state index contributed by atoms with van der Waals surface area (Å²) in [5.74, 6) is 0. The lowest BCUT2D eigenvalue weighted by Crippen LogP contribution is -2.61. The fourth-order valence-electron chi connectivity index (χ4n) is 17.2. The van der Waals surface area contributed by atoms with Gasteiger partial charge in [0, 0.05) is 79.1 Å². The van der Waals surface area contributed by atoms with Crippen LogP contribution in [0.1, 0.15) is 0 Å². The molecular formula is C108H75BN4. The third kappa shape index (κ3) is 12.7. The van der Waals surface area contributed by atoms with Gasteiger partial charge in [0.25, 0.3) is 6.71 Å². The zero-order chi connectivity index (χ0) is 75.0. The molecule has 0 bridgehead atoms. The maximum atomic E-state index is 2.69. The van der Waals surface area contributed by atoms with Crippen molar-refractivity contribution in [3.8, 4) is 100 Å². The minimum Gasteiger partial charge on any atom is -0.310 e. The summed E-state index contributed by atoms with van der Waals surface area (Å²) in [6.07, 6.45) is 0. The zero-order valence-electron chi connectivity index (χ0n) is 62.2. The molecule has 0 saturated heterocycles. The number of fused-ring (bicyclic) bond motifs is 4. The van der Waals surface area contributed by atoms with Gasteiger partial charge in [-0.3, -0.25) is 0 Å². The Balaban J connectivity index is 0.950. The molecule has 4 nitrogen and oxygen atoms in total. The molecule has 20 rings (SSSR count). The van der Waals surface area contributed by atoms with Crippen LogP contribution in [0.2, 0.25) is 0 Å². The zero-order valence-corrected chi connectivity index (χ0v) is 62.2. The number of anilines is 12. The summed E-state index contributed by atoms with van der Waals surface area (Å²) in [6.45, 7) is -0.328. The van der Waals surface area contributed by atoms with Gasteiger partial charge in [-0.25, -0.2) is 0 Å². The normalized spacial score (nSPS) is 11.8. The molecule has 0 aliphatic carbocycles. The molecule has 0 unspecified atom stereocenters. The van der Waals surface area contributed by atoms with Crippen LogP contribution in [0.3, 0.4) is 0 Å². The summed E-state index contributed by atoms with van der Waals surface area (Å²) in [4.78, 5) is 10.2. The highest BCUT2D eigenvalue weighted by atomic mass is 15.2. The van der Waals surface area contributed by atoms with Crippen LogP contribution in [0.5, 0.6) is 0 Å². The summed E-state index contributed by atoms with van der Waals surface area (Å²) in [5.41, 5.74) is 36.3. The predicted molar refractivity (Wildman–Crippen MR) is 479 cm³/mol. The van der Waals surface area contributed by atoms with Gasteiger partial charge in [0.1, 0.15) is 0 Å². The summed E-state index contributed by atoms with van der Waals surface area (Å²) in [6, 6.07) is 168. The molecule has 0 fully saturated rings. The monoisotopic (exact) mass is 1440 g/mol. The molecule has 0 atom stereocenters. The van der Waals surface area contributed by atoms with Crippen molar-refractivity contribution in [2.75, 3.05) is 19.6 Å². The first-order valence-electron chi connectivity index (χ1n) is 38.9. The molecule has 0 spiro atoms. The van der Waals surface area contributed by atoms with Crippen molar-refractivity contribution in [2.45, 2.75) is 0 Å². The molecule has 5 heteroatoms. The predicted octanol–water partition coefficient (Wildman–Crippen LogP) is 27.7. The van der Waals surface area contributed by atoms with E-state index in [1.54, 1.807) is 0 Å². The number of benzene rings is 18. The standard InChI is InChI=1S/C108H75BN4/c1-10-34-76(35-11-1)81-44-28-48-85(68-81)96-60-32-61-97(86-49-29-45-82(69-86)77-36-12-2-13-37-77)107(96)112-102-74-94(110(90-52-20-6-21-53-90)91-54-22-7-23-55-91)64-66-100(102)109-101-67-65-95(111(92-56-24-8-25-57-92)93-58-26-9-27-59-93)75-103(101)113(105-73-89(72-104(112)106(105)109)80-42-18-5-19-43-80)108-98(87-50-30-46-83(70-87)78-38-14-3-15-39-78)62-33-63-99(108)88-51-31-47-84(71-88)79-40-16-4-17-41-79/h1-75H. The van der Waals surface area contributed by atoms with Crippen molar-refractivity contribution in [1.82, 2.24) is 0 Å². The van der Waals surface area contributed by atoms with Crippen molar-refractivity contribution >= 4 is 91.3 Å².